The second kappa shape index (κ2) is 13.7. The van der Waals surface area contributed by atoms with E-state index in [2.05, 4.69) is 15.0 Å². The maximum atomic E-state index is 14.7. The number of amides is 1. The number of sulfone groups is 1. The number of benzene rings is 3. The first-order valence-corrected chi connectivity index (χ1v) is 16.5. The highest BCUT2D eigenvalue weighted by atomic mass is 32.2. The van der Waals surface area contributed by atoms with Crippen molar-refractivity contribution in [1.82, 2.24) is 9.88 Å². The number of aromatic nitrogens is 1. The predicted octanol–water partition coefficient (Wildman–Crippen LogP) is 5.13. The molecular weight excluding hydrogens is 672 g/mol. The topological polar surface area (TPSA) is 158 Å². The van der Waals surface area contributed by atoms with Crippen molar-refractivity contribution in [1.29, 1.82) is 0 Å². The molecule has 1 aliphatic heterocycles. The lowest BCUT2D eigenvalue weighted by Gasteiger charge is -2.33. The van der Waals surface area contributed by atoms with Crippen molar-refractivity contribution in [2.75, 3.05) is 30.5 Å². The number of fused-ring (bicyclic) bond motifs is 1. The molecule has 0 spiro atoms. The minimum Gasteiger partial charge on any atom is -0.494 e. The Morgan fingerprint density at radius 1 is 1.08 bits per heavy atom. The zero-order valence-corrected chi connectivity index (χ0v) is 26.8. The fourth-order valence-corrected chi connectivity index (χ4v) is 6.97. The quantitative estimate of drug-likeness (QED) is 0.136. The van der Waals surface area contributed by atoms with E-state index in [1.165, 1.54) is 56.6 Å². The van der Waals surface area contributed by atoms with Crippen LogP contribution in [0.15, 0.2) is 77.8 Å². The molecule has 0 aliphatic carbocycles. The van der Waals surface area contributed by atoms with Gasteiger partial charge < -0.3 is 25.4 Å². The Bertz CT molecular complexity index is 2040. The van der Waals surface area contributed by atoms with E-state index in [1.807, 2.05) is 0 Å². The van der Waals surface area contributed by atoms with Crippen LogP contribution in [0.1, 0.15) is 36.6 Å². The Labute approximate surface area is 277 Å². The molecule has 1 aromatic heterocycles. The Balaban J connectivity index is 1.63. The lowest BCUT2D eigenvalue weighted by molar-refractivity contribution is -0.203. The van der Waals surface area contributed by atoms with Gasteiger partial charge in [-0.1, -0.05) is 31.2 Å². The van der Waals surface area contributed by atoms with Crippen LogP contribution in [-0.4, -0.2) is 61.7 Å². The number of nitrogens with two attached hydrogens (primary N) is 1. The molecule has 49 heavy (non-hydrogen) atoms. The molecule has 0 radical (unpaired) electrons. The highest BCUT2D eigenvalue weighted by molar-refractivity contribution is 7.91. The SMILES string of the molecule is CCS(=O)(=O)c1ccccc1C1C(C(=O)OC(=O)C(F)(F)F)CCN1C(=O)[C@H](Nc1ccc2c(N)nccc2c1)c1ccc(F)c(OC)c1. The Kier molecular flexibility index (Phi) is 9.80. The molecule has 1 amide bonds. The number of hydrogen-bond donors (Lipinski definition) is 2. The largest absolute Gasteiger partial charge is 0.494 e. The van der Waals surface area contributed by atoms with Crippen molar-refractivity contribution < 1.29 is 49.8 Å². The highest BCUT2D eigenvalue weighted by Gasteiger charge is 2.49. The number of carbonyl (C=O) groups is 3. The van der Waals surface area contributed by atoms with Gasteiger partial charge in [-0.05, 0) is 65.4 Å². The molecule has 3 aromatic carbocycles. The van der Waals surface area contributed by atoms with E-state index in [0.717, 1.165) is 11.0 Å². The van der Waals surface area contributed by atoms with Crippen molar-refractivity contribution >= 4 is 50.0 Å². The predicted molar refractivity (Wildman–Crippen MR) is 169 cm³/mol. The molecule has 2 unspecified atom stereocenters. The minimum atomic E-state index is -5.49. The normalized spacial score (nSPS) is 17.1. The van der Waals surface area contributed by atoms with Crippen LogP contribution in [0.5, 0.6) is 5.75 Å². The van der Waals surface area contributed by atoms with Gasteiger partial charge in [-0.25, -0.2) is 22.6 Å². The van der Waals surface area contributed by atoms with Gasteiger partial charge in [0.2, 0.25) is 5.91 Å². The summed E-state index contributed by atoms with van der Waals surface area (Å²) in [5, 5.41) is 4.40. The summed E-state index contributed by atoms with van der Waals surface area (Å²) in [6.45, 7) is 1.13. The Hall–Kier alpha value is -5.25. The van der Waals surface area contributed by atoms with Crippen LogP contribution in [0.25, 0.3) is 10.8 Å². The first-order valence-electron chi connectivity index (χ1n) is 14.9. The van der Waals surface area contributed by atoms with Crippen molar-refractivity contribution in [2.24, 2.45) is 5.92 Å². The van der Waals surface area contributed by atoms with E-state index in [0.29, 0.717) is 16.5 Å². The highest BCUT2D eigenvalue weighted by Crippen LogP contribution is 2.43. The lowest BCUT2D eigenvalue weighted by Crippen LogP contribution is -2.40. The molecule has 3 atom stereocenters. The smallest absolute Gasteiger partial charge is 0.491 e. The number of methoxy groups -OCH3 is 1. The number of rotatable bonds is 9. The van der Waals surface area contributed by atoms with Crippen LogP contribution < -0.4 is 15.8 Å². The second-order valence-electron chi connectivity index (χ2n) is 11.1. The van der Waals surface area contributed by atoms with Gasteiger partial charge in [-0.2, -0.15) is 13.2 Å². The van der Waals surface area contributed by atoms with Crippen LogP contribution in [0.2, 0.25) is 0 Å². The fraction of sp³-hybridized carbons (Fsp3) is 0.273. The average molecular weight is 703 g/mol. The van der Waals surface area contributed by atoms with Crippen molar-refractivity contribution in [3.8, 4) is 5.75 Å². The van der Waals surface area contributed by atoms with Gasteiger partial charge in [0.25, 0.3) is 0 Å². The summed E-state index contributed by atoms with van der Waals surface area (Å²) in [6.07, 6.45) is -4.27. The van der Waals surface area contributed by atoms with Gasteiger partial charge in [0.05, 0.1) is 29.7 Å². The summed E-state index contributed by atoms with van der Waals surface area (Å²) >= 11 is 0. The van der Waals surface area contributed by atoms with Crippen LogP contribution in [0.3, 0.4) is 0 Å². The summed E-state index contributed by atoms with van der Waals surface area (Å²) in [5.41, 5.74) is 6.53. The van der Waals surface area contributed by atoms with Crippen LogP contribution in [0, 0.1) is 11.7 Å². The summed E-state index contributed by atoms with van der Waals surface area (Å²) in [6, 6.07) is 13.0. The number of anilines is 2. The first-order chi connectivity index (χ1) is 23.2. The van der Waals surface area contributed by atoms with Gasteiger partial charge in [0.1, 0.15) is 11.9 Å². The van der Waals surface area contributed by atoms with Crippen molar-refractivity contribution in [2.45, 2.75) is 36.5 Å². The van der Waals surface area contributed by atoms with E-state index in [4.69, 9.17) is 10.5 Å². The molecule has 1 saturated heterocycles. The number of alkyl halides is 3. The Morgan fingerprint density at radius 2 is 1.82 bits per heavy atom. The molecule has 5 rings (SSSR count). The third-order valence-corrected chi connectivity index (χ3v) is 10.0. The zero-order chi connectivity index (χ0) is 35.7. The molecule has 2 heterocycles. The van der Waals surface area contributed by atoms with Gasteiger partial charge in [0, 0.05) is 23.8 Å². The number of pyridine rings is 1. The molecule has 1 aliphatic rings. The summed E-state index contributed by atoms with van der Waals surface area (Å²) in [7, 11) is -2.77. The van der Waals surface area contributed by atoms with E-state index >= 15 is 0 Å². The molecule has 4 aromatic rings. The maximum absolute atomic E-state index is 14.7. The Morgan fingerprint density at radius 3 is 2.51 bits per heavy atom. The first kappa shape index (κ1) is 35.1. The molecule has 258 valence electrons. The van der Waals surface area contributed by atoms with Gasteiger partial charge in [-0.3, -0.25) is 9.59 Å². The third-order valence-electron chi connectivity index (χ3n) is 8.22. The number of esters is 2. The van der Waals surface area contributed by atoms with Crippen LogP contribution in [-0.2, 0) is 29.0 Å². The van der Waals surface area contributed by atoms with E-state index < -0.39 is 57.7 Å². The number of ether oxygens (including phenoxy) is 2. The average Bonchev–Trinajstić information content (AvgIpc) is 3.52. The number of nitrogens with zero attached hydrogens (tertiary/aromatic N) is 2. The van der Waals surface area contributed by atoms with E-state index in [9.17, 15) is 40.4 Å². The summed E-state index contributed by atoms with van der Waals surface area (Å²) in [4.78, 5) is 44.4. The number of nitrogens with one attached hydrogen (secondary N) is 1. The maximum Gasteiger partial charge on any atom is 0.491 e. The number of likely N-dealkylation sites (tertiary alicyclic amines) is 1. The standard InChI is InChI=1S/C33H30F4N4O7S/c1-3-49(45,46)26-7-5-4-6-22(26)28-23(31(43)48-32(44)33(35,36)37)13-15-41(28)30(42)27(19-8-11-24(34)25(17-19)47-2)40-20-9-10-21-18(16-20)12-14-39-29(21)38/h4-12,14,16-17,23,27-28,40H,3,13,15H2,1-2H3,(H2,38,39)/t23?,27-,28?/m1/s1. The summed E-state index contributed by atoms with van der Waals surface area (Å²) < 4.78 is 89.4. The van der Waals surface area contributed by atoms with Crippen LogP contribution in [0.4, 0.5) is 29.1 Å². The molecule has 3 N–H and O–H groups in total. The number of halogens is 4. The molecule has 1 fully saturated rings. The second-order valence-corrected chi connectivity index (χ2v) is 13.4. The minimum absolute atomic E-state index is 0.0549. The third kappa shape index (κ3) is 7.13. The monoisotopic (exact) mass is 702 g/mol. The molecule has 11 nitrogen and oxygen atoms in total. The van der Waals surface area contributed by atoms with E-state index in [1.54, 1.807) is 24.3 Å². The molecular formula is C33H30F4N4O7S. The van der Waals surface area contributed by atoms with Gasteiger partial charge >= 0.3 is 18.1 Å². The summed E-state index contributed by atoms with van der Waals surface area (Å²) in [5.74, 6) is -7.67. The lowest BCUT2D eigenvalue weighted by atomic mass is 9.93. The zero-order valence-electron chi connectivity index (χ0n) is 26.0. The number of nitrogen functional groups attached to an aromatic ring is 1. The van der Waals surface area contributed by atoms with Crippen molar-refractivity contribution in [3.05, 3.63) is 89.9 Å². The molecule has 16 heteroatoms. The number of hydrogen-bond acceptors (Lipinski definition) is 10. The van der Waals surface area contributed by atoms with Crippen molar-refractivity contribution in [3.63, 3.8) is 0 Å². The van der Waals surface area contributed by atoms with E-state index in [-0.39, 0.29) is 46.3 Å². The van der Waals surface area contributed by atoms with Crippen LogP contribution >= 0.6 is 0 Å². The molecule has 0 saturated carbocycles. The fourth-order valence-electron chi connectivity index (χ4n) is 5.83. The van der Waals surface area contributed by atoms with Gasteiger partial charge in [0.15, 0.2) is 21.4 Å². The van der Waals surface area contributed by atoms with Gasteiger partial charge in [-0.15, -0.1) is 0 Å². The molecule has 0 bridgehead atoms. The number of carbonyl (C=O) groups excluding carboxylic acids is 3.